The van der Waals surface area contributed by atoms with Gasteiger partial charge in [-0.2, -0.15) is 0 Å². The third kappa shape index (κ3) is 5.80. The van der Waals surface area contributed by atoms with Crippen LogP contribution in [0.4, 0.5) is 0 Å². The van der Waals surface area contributed by atoms with E-state index in [4.69, 9.17) is 11.6 Å². The Kier molecular flexibility index (Phi) is 5.99. The third-order valence-electron chi connectivity index (χ3n) is 0.980. The molecule has 1 N–H and O–H groups in total. The summed E-state index contributed by atoms with van der Waals surface area (Å²) in [6.07, 6.45) is 0.553. The molecule has 0 saturated carbocycles. The van der Waals surface area contributed by atoms with E-state index in [9.17, 15) is 4.79 Å². The van der Waals surface area contributed by atoms with Gasteiger partial charge < -0.3 is 5.32 Å². The second kappa shape index (κ2) is 6.05. The van der Waals surface area contributed by atoms with Crippen molar-refractivity contribution in [2.45, 2.75) is 13.3 Å². The molecule has 0 unspecified atom stereocenters. The van der Waals surface area contributed by atoms with Crippen molar-refractivity contribution in [1.82, 2.24) is 5.32 Å². The number of hydrogen-bond acceptors (Lipinski definition) is 2. The average molecular weight is 150 g/mol. The number of alkyl halides is 1. The molecule has 0 radical (unpaired) electrons. The van der Waals surface area contributed by atoms with Gasteiger partial charge in [0.2, 0.25) is 0 Å². The highest BCUT2D eigenvalue weighted by atomic mass is 35.5. The van der Waals surface area contributed by atoms with E-state index in [1.165, 1.54) is 0 Å². The second-order valence-electron chi connectivity index (χ2n) is 1.78. The van der Waals surface area contributed by atoms with Crippen molar-refractivity contribution >= 4 is 17.4 Å². The molecule has 2 nitrogen and oxygen atoms in total. The highest BCUT2D eigenvalue weighted by Crippen LogP contribution is 1.83. The van der Waals surface area contributed by atoms with E-state index in [2.05, 4.69) is 5.32 Å². The molecule has 9 heavy (non-hydrogen) atoms. The standard InChI is InChI=1S/C6H12ClNO/c1-2-8-4-3-6(9)5-7/h8H,2-5H2,1H3. The van der Waals surface area contributed by atoms with Crippen LogP contribution in [-0.4, -0.2) is 24.8 Å². The smallest absolute Gasteiger partial charge is 0.148 e. The lowest BCUT2D eigenvalue weighted by molar-refractivity contribution is -0.116. The fourth-order valence-electron chi connectivity index (χ4n) is 0.471. The maximum Gasteiger partial charge on any atom is 0.148 e. The normalized spacial score (nSPS) is 9.56. The zero-order valence-corrected chi connectivity index (χ0v) is 6.37. The summed E-state index contributed by atoms with van der Waals surface area (Å²) in [5.41, 5.74) is 0. The SMILES string of the molecule is CCNCCC(=O)CCl. The highest BCUT2D eigenvalue weighted by Gasteiger charge is 1.95. The minimum atomic E-state index is 0.109. The Morgan fingerprint density at radius 2 is 2.33 bits per heavy atom. The van der Waals surface area contributed by atoms with Crippen LogP contribution in [0.1, 0.15) is 13.3 Å². The van der Waals surface area contributed by atoms with Gasteiger partial charge in [0.15, 0.2) is 0 Å². The van der Waals surface area contributed by atoms with Crippen LogP contribution in [0.2, 0.25) is 0 Å². The Morgan fingerprint density at radius 3 is 2.78 bits per heavy atom. The van der Waals surface area contributed by atoms with E-state index < -0.39 is 0 Å². The third-order valence-corrected chi connectivity index (χ3v) is 1.28. The molecule has 0 aliphatic rings. The summed E-state index contributed by atoms with van der Waals surface area (Å²) in [5.74, 6) is 0.253. The Morgan fingerprint density at radius 1 is 1.67 bits per heavy atom. The number of Topliss-reactive ketones (excluding diaryl/α,β-unsaturated/α-hetero) is 1. The first kappa shape index (κ1) is 8.92. The largest absolute Gasteiger partial charge is 0.317 e. The summed E-state index contributed by atoms with van der Waals surface area (Å²) in [6, 6.07) is 0. The number of rotatable bonds is 5. The first-order chi connectivity index (χ1) is 4.31. The van der Waals surface area contributed by atoms with Crippen molar-refractivity contribution in [3.63, 3.8) is 0 Å². The lowest BCUT2D eigenvalue weighted by atomic mass is 10.3. The number of carbonyl (C=O) groups excluding carboxylic acids is 1. The van der Waals surface area contributed by atoms with E-state index in [1.54, 1.807) is 0 Å². The predicted octanol–water partition coefficient (Wildman–Crippen LogP) is 0.794. The molecule has 0 aliphatic heterocycles. The molecule has 0 amide bonds. The van der Waals surface area contributed by atoms with Crippen LogP contribution in [0.5, 0.6) is 0 Å². The first-order valence-electron chi connectivity index (χ1n) is 3.09. The summed E-state index contributed by atoms with van der Waals surface area (Å²) in [6.45, 7) is 3.67. The number of hydrogen-bond donors (Lipinski definition) is 1. The molecule has 0 atom stereocenters. The molecule has 0 aromatic rings. The minimum Gasteiger partial charge on any atom is -0.317 e. The highest BCUT2D eigenvalue weighted by molar-refractivity contribution is 6.27. The van der Waals surface area contributed by atoms with E-state index in [0.29, 0.717) is 6.42 Å². The van der Waals surface area contributed by atoms with Gasteiger partial charge in [-0.15, -0.1) is 11.6 Å². The Labute approximate surface area is 60.6 Å². The molecule has 54 valence electrons. The number of carbonyl (C=O) groups is 1. The summed E-state index contributed by atoms with van der Waals surface area (Å²) >= 11 is 5.25. The predicted molar refractivity (Wildman–Crippen MR) is 38.9 cm³/mol. The zero-order valence-electron chi connectivity index (χ0n) is 5.61. The summed E-state index contributed by atoms with van der Waals surface area (Å²) < 4.78 is 0. The molecule has 0 bridgehead atoms. The molecular formula is C6H12ClNO. The Hall–Kier alpha value is -0.0800. The molecular weight excluding hydrogens is 138 g/mol. The molecule has 0 aliphatic carbocycles. The van der Waals surface area contributed by atoms with E-state index in [1.807, 2.05) is 6.92 Å². The molecule has 3 heteroatoms. The topological polar surface area (TPSA) is 29.1 Å². The number of ketones is 1. The van der Waals surface area contributed by atoms with Crippen molar-refractivity contribution < 1.29 is 4.79 Å². The van der Waals surface area contributed by atoms with Crippen LogP contribution in [0.15, 0.2) is 0 Å². The summed E-state index contributed by atoms with van der Waals surface area (Å²) in [4.78, 5) is 10.5. The van der Waals surface area contributed by atoms with Crippen molar-refractivity contribution in [3.05, 3.63) is 0 Å². The zero-order chi connectivity index (χ0) is 7.11. The van der Waals surface area contributed by atoms with Gasteiger partial charge in [-0.05, 0) is 6.54 Å². The van der Waals surface area contributed by atoms with Crippen molar-refractivity contribution in [3.8, 4) is 0 Å². The molecule has 0 fully saturated rings. The fraction of sp³-hybridized carbons (Fsp3) is 0.833. The lowest BCUT2D eigenvalue weighted by Crippen LogP contribution is -2.17. The van der Waals surface area contributed by atoms with Crippen LogP contribution in [0.25, 0.3) is 0 Å². The van der Waals surface area contributed by atoms with Gasteiger partial charge >= 0.3 is 0 Å². The fourth-order valence-corrected chi connectivity index (χ4v) is 0.605. The van der Waals surface area contributed by atoms with Gasteiger partial charge in [-0.25, -0.2) is 0 Å². The molecule has 0 heterocycles. The molecule has 0 aromatic carbocycles. The van der Waals surface area contributed by atoms with Crippen molar-refractivity contribution in [2.75, 3.05) is 19.0 Å². The summed E-state index contributed by atoms with van der Waals surface area (Å²) in [5, 5.41) is 3.03. The molecule has 0 spiro atoms. The average Bonchev–Trinajstić information content (AvgIpc) is 1.89. The van der Waals surface area contributed by atoms with Crippen LogP contribution < -0.4 is 5.32 Å². The maximum atomic E-state index is 10.5. The van der Waals surface area contributed by atoms with E-state index >= 15 is 0 Å². The van der Waals surface area contributed by atoms with Gasteiger partial charge in [0, 0.05) is 13.0 Å². The maximum absolute atomic E-state index is 10.5. The van der Waals surface area contributed by atoms with Gasteiger partial charge in [0.25, 0.3) is 0 Å². The number of halogens is 1. The van der Waals surface area contributed by atoms with Crippen molar-refractivity contribution in [2.24, 2.45) is 0 Å². The van der Waals surface area contributed by atoms with E-state index in [-0.39, 0.29) is 11.7 Å². The van der Waals surface area contributed by atoms with Gasteiger partial charge in [0.05, 0.1) is 5.88 Å². The molecule has 0 saturated heterocycles. The van der Waals surface area contributed by atoms with E-state index in [0.717, 1.165) is 13.1 Å². The first-order valence-corrected chi connectivity index (χ1v) is 3.63. The number of nitrogens with one attached hydrogen (secondary N) is 1. The van der Waals surface area contributed by atoms with Crippen LogP contribution >= 0.6 is 11.6 Å². The minimum absolute atomic E-state index is 0.109. The molecule has 0 rings (SSSR count). The van der Waals surface area contributed by atoms with Crippen LogP contribution in [0.3, 0.4) is 0 Å². The monoisotopic (exact) mass is 149 g/mol. The van der Waals surface area contributed by atoms with Crippen LogP contribution in [0, 0.1) is 0 Å². The van der Waals surface area contributed by atoms with Crippen molar-refractivity contribution in [1.29, 1.82) is 0 Å². The Bertz CT molecular complexity index is 85.1. The summed E-state index contributed by atoms with van der Waals surface area (Å²) in [7, 11) is 0. The second-order valence-corrected chi connectivity index (χ2v) is 2.04. The lowest BCUT2D eigenvalue weighted by Gasteiger charge is -1.96. The molecule has 0 aromatic heterocycles. The van der Waals surface area contributed by atoms with Crippen LogP contribution in [-0.2, 0) is 4.79 Å². The van der Waals surface area contributed by atoms with Gasteiger partial charge in [-0.3, -0.25) is 4.79 Å². The quantitative estimate of drug-likeness (QED) is 0.463. The van der Waals surface area contributed by atoms with Gasteiger partial charge in [-0.1, -0.05) is 6.92 Å². The van der Waals surface area contributed by atoms with Gasteiger partial charge in [0.1, 0.15) is 5.78 Å². The Balaban J connectivity index is 2.97.